The number of carbonyl (C=O) groups excluding carboxylic acids is 1. The Morgan fingerprint density at radius 2 is 2.09 bits per heavy atom. The maximum absolute atomic E-state index is 10.8. The molecule has 2 unspecified atom stereocenters. The standard InChI is InChI=1S/C8H16ClNO/c1-4-8(11)10-7(3)5-6(2)9/h6-7H,4-5H2,1-3H3,(H,10,11). The Bertz CT molecular complexity index is 125. The number of carbonyl (C=O) groups is 1. The van der Waals surface area contributed by atoms with Crippen LogP contribution < -0.4 is 5.32 Å². The van der Waals surface area contributed by atoms with Crippen LogP contribution in [0.15, 0.2) is 0 Å². The van der Waals surface area contributed by atoms with Crippen LogP contribution in [0.3, 0.4) is 0 Å². The fourth-order valence-electron chi connectivity index (χ4n) is 0.923. The van der Waals surface area contributed by atoms with Crippen molar-refractivity contribution in [2.45, 2.75) is 45.0 Å². The Kier molecular flexibility index (Phi) is 5.30. The van der Waals surface area contributed by atoms with Crippen LogP contribution in [0, 0.1) is 0 Å². The lowest BCUT2D eigenvalue weighted by Gasteiger charge is -2.13. The van der Waals surface area contributed by atoms with E-state index in [2.05, 4.69) is 5.32 Å². The zero-order chi connectivity index (χ0) is 8.85. The minimum absolute atomic E-state index is 0.0924. The lowest BCUT2D eigenvalue weighted by Crippen LogP contribution is -2.33. The predicted octanol–water partition coefficient (Wildman–Crippen LogP) is 1.92. The first kappa shape index (κ1) is 10.8. The Labute approximate surface area is 73.3 Å². The summed E-state index contributed by atoms with van der Waals surface area (Å²) >= 11 is 5.75. The van der Waals surface area contributed by atoms with Gasteiger partial charge in [-0.15, -0.1) is 11.6 Å². The minimum atomic E-state index is 0.0924. The van der Waals surface area contributed by atoms with Gasteiger partial charge in [-0.2, -0.15) is 0 Å². The number of alkyl halides is 1. The number of amides is 1. The second kappa shape index (κ2) is 5.42. The lowest BCUT2D eigenvalue weighted by molar-refractivity contribution is -0.121. The van der Waals surface area contributed by atoms with E-state index >= 15 is 0 Å². The third-order valence-corrected chi connectivity index (χ3v) is 1.59. The molecule has 66 valence electrons. The average molecular weight is 178 g/mol. The summed E-state index contributed by atoms with van der Waals surface area (Å²) in [6.07, 6.45) is 1.37. The number of nitrogens with one attached hydrogen (secondary N) is 1. The van der Waals surface area contributed by atoms with Crippen LogP contribution in [0.25, 0.3) is 0 Å². The Balaban J connectivity index is 3.51. The molecule has 0 fully saturated rings. The zero-order valence-electron chi connectivity index (χ0n) is 7.36. The molecule has 0 aromatic heterocycles. The van der Waals surface area contributed by atoms with Crippen molar-refractivity contribution in [1.82, 2.24) is 5.32 Å². The normalized spacial score (nSPS) is 15.6. The monoisotopic (exact) mass is 177 g/mol. The van der Waals surface area contributed by atoms with Crippen molar-refractivity contribution in [3.63, 3.8) is 0 Å². The van der Waals surface area contributed by atoms with Gasteiger partial charge in [-0.3, -0.25) is 4.79 Å². The Hall–Kier alpha value is -0.240. The summed E-state index contributed by atoms with van der Waals surface area (Å²) in [4.78, 5) is 10.8. The molecule has 0 bridgehead atoms. The molecule has 0 heterocycles. The van der Waals surface area contributed by atoms with E-state index in [1.54, 1.807) is 0 Å². The quantitative estimate of drug-likeness (QED) is 0.654. The summed E-state index contributed by atoms with van der Waals surface area (Å²) in [6, 6.07) is 0.190. The van der Waals surface area contributed by atoms with Crippen LogP contribution >= 0.6 is 11.6 Å². The molecule has 0 saturated carbocycles. The molecule has 0 spiro atoms. The van der Waals surface area contributed by atoms with Crippen molar-refractivity contribution in [1.29, 1.82) is 0 Å². The molecule has 1 amide bonds. The predicted molar refractivity (Wildman–Crippen MR) is 47.8 cm³/mol. The molecule has 1 N–H and O–H groups in total. The first-order valence-corrected chi connectivity index (χ1v) is 4.43. The van der Waals surface area contributed by atoms with Gasteiger partial charge in [0, 0.05) is 17.8 Å². The summed E-state index contributed by atoms with van der Waals surface area (Å²) in [6.45, 7) is 5.73. The van der Waals surface area contributed by atoms with Gasteiger partial charge >= 0.3 is 0 Å². The van der Waals surface area contributed by atoms with Crippen molar-refractivity contribution in [2.75, 3.05) is 0 Å². The van der Waals surface area contributed by atoms with E-state index in [1.807, 2.05) is 20.8 Å². The first-order valence-electron chi connectivity index (χ1n) is 3.99. The summed E-state index contributed by atoms with van der Waals surface area (Å²) in [7, 11) is 0. The average Bonchev–Trinajstić information content (AvgIpc) is 1.85. The van der Waals surface area contributed by atoms with E-state index in [4.69, 9.17) is 11.6 Å². The van der Waals surface area contributed by atoms with Gasteiger partial charge in [0.05, 0.1) is 0 Å². The van der Waals surface area contributed by atoms with Crippen molar-refractivity contribution in [3.05, 3.63) is 0 Å². The highest BCUT2D eigenvalue weighted by Crippen LogP contribution is 2.03. The molecule has 0 aliphatic carbocycles. The summed E-state index contributed by atoms with van der Waals surface area (Å²) < 4.78 is 0. The van der Waals surface area contributed by atoms with Gasteiger partial charge in [-0.1, -0.05) is 6.92 Å². The second-order valence-corrected chi connectivity index (χ2v) is 3.58. The number of hydrogen-bond acceptors (Lipinski definition) is 1. The van der Waals surface area contributed by atoms with E-state index in [-0.39, 0.29) is 17.3 Å². The highest BCUT2D eigenvalue weighted by molar-refractivity contribution is 6.20. The van der Waals surface area contributed by atoms with Gasteiger partial charge in [0.1, 0.15) is 0 Å². The third-order valence-electron chi connectivity index (χ3n) is 1.41. The van der Waals surface area contributed by atoms with Gasteiger partial charge in [0.15, 0.2) is 0 Å². The molecule has 2 atom stereocenters. The largest absolute Gasteiger partial charge is 0.354 e. The van der Waals surface area contributed by atoms with E-state index < -0.39 is 0 Å². The van der Waals surface area contributed by atoms with Crippen LogP contribution in [0.4, 0.5) is 0 Å². The molecular formula is C8H16ClNO. The molecule has 0 aliphatic rings. The van der Waals surface area contributed by atoms with E-state index in [9.17, 15) is 4.79 Å². The Morgan fingerprint density at radius 3 is 2.45 bits per heavy atom. The van der Waals surface area contributed by atoms with Gasteiger partial charge in [-0.05, 0) is 20.3 Å². The highest BCUT2D eigenvalue weighted by atomic mass is 35.5. The molecule has 0 rings (SSSR count). The van der Waals surface area contributed by atoms with Crippen molar-refractivity contribution in [2.24, 2.45) is 0 Å². The zero-order valence-corrected chi connectivity index (χ0v) is 8.11. The number of rotatable bonds is 4. The third kappa shape index (κ3) is 6.17. The number of hydrogen-bond donors (Lipinski definition) is 1. The molecule has 0 aromatic rings. The van der Waals surface area contributed by atoms with Crippen LogP contribution in [0.2, 0.25) is 0 Å². The SMILES string of the molecule is CCC(=O)NC(C)CC(C)Cl. The van der Waals surface area contributed by atoms with E-state index in [0.717, 1.165) is 6.42 Å². The van der Waals surface area contributed by atoms with E-state index in [0.29, 0.717) is 6.42 Å². The fraction of sp³-hybridized carbons (Fsp3) is 0.875. The smallest absolute Gasteiger partial charge is 0.219 e. The van der Waals surface area contributed by atoms with Crippen molar-refractivity contribution in [3.8, 4) is 0 Å². The molecule has 0 radical (unpaired) electrons. The summed E-state index contributed by atoms with van der Waals surface area (Å²) in [5, 5.41) is 2.96. The van der Waals surface area contributed by atoms with Gasteiger partial charge in [0.25, 0.3) is 0 Å². The van der Waals surface area contributed by atoms with E-state index in [1.165, 1.54) is 0 Å². The molecule has 0 aromatic carbocycles. The van der Waals surface area contributed by atoms with Gasteiger partial charge in [-0.25, -0.2) is 0 Å². The molecule has 2 nitrogen and oxygen atoms in total. The van der Waals surface area contributed by atoms with Gasteiger partial charge < -0.3 is 5.32 Å². The molecule has 3 heteroatoms. The fourth-order valence-corrected chi connectivity index (χ4v) is 1.19. The maximum Gasteiger partial charge on any atom is 0.219 e. The van der Waals surface area contributed by atoms with Crippen LogP contribution in [-0.4, -0.2) is 17.3 Å². The second-order valence-electron chi connectivity index (χ2n) is 2.84. The summed E-state index contributed by atoms with van der Waals surface area (Å²) in [5.41, 5.74) is 0. The first-order chi connectivity index (χ1) is 5.06. The van der Waals surface area contributed by atoms with Crippen LogP contribution in [-0.2, 0) is 4.79 Å². The molecule has 0 saturated heterocycles. The van der Waals surface area contributed by atoms with Crippen molar-refractivity contribution < 1.29 is 4.79 Å². The van der Waals surface area contributed by atoms with Crippen LogP contribution in [0.5, 0.6) is 0 Å². The van der Waals surface area contributed by atoms with Crippen LogP contribution in [0.1, 0.15) is 33.6 Å². The number of halogens is 1. The maximum atomic E-state index is 10.8. The minimum Gasteiger partial charge on any atom is -0.354 e. The van der Waals surface area contributed by atoms with Crippen molar-refractivity contribution >= 4 is 17.5 Å². The van der Waals surface area contributed by atoms with Gasteiger partial charge in [0.2, 0.25) is 5.91 Å². The lowest BCUT2D eigenvalue weighted by atomic mass is 10.2. The molecule has 11 heavy (non-hydrogen) atoms. The summed E-state index contributed by atoms with van der Waals surface area (Å²) in [5.74, 6) is 0.0924. The highest BCUT2D eigenvalue weighted by Gasteiger charge is 2.07. The topological polar surface area (TPSA) is 29.1 Å². The Morgan fingerprint density at radius 1 is 1.55 bits per heavy atom. The molecule has 0 aliphatic heterocycles. The molecular weight excluding hydrogens is 162 g/mol.